The molecule has 64 valence electrons. The lowest BCUT2D eigenvalue weighted by Crippen LogP contribution is -1.94. The van der Waals surface area contributed by atoms with E-state index in [-0.39, 0.29) is 8.03 Å². The summed E-state index contributed by atoms with van der Waals surface area (Å²) >= 11 is 0. The predicted octanol–water partition coefficient (Wildman–Crippen LogP) is 1.39. The summed E-state index contributed by atoms with van der Waals surface area (Å²) in [6, 6.07) is 9.99. The van der Waals surface area contributed by atoms with Crippen molar-refractivity contribution in [2.45, 2.75) is 13.5 Å². The normalized spacial score (nSPS) is 8.27. The predicted molar refractivity (Wildman–Crippen MR) is 49.2 cm³/mol. The van der Waals surface area contributed by atoms with Gasteiger partial charge in [0.25, 0.3) is 0 Å². The van der Waals surface area contributed by atoms with Crippen LogP contribution in [0.4, 0.5) is 0 Å². The summed E-state index contributed by atoms with van der Waals surface area (Å²) in [6.07, 6.45) is 0. The van der Waals surface area contributed by atoms with Gasteiger partial charge in [0.2, 0.25) is 0 Å². The van der Waals surface area contributed by atoms with E-state index >= 15 is 0 Å². The molecule has 0 saturated heterocycles. The number of rotatable bonds is 1. The van der Waals surface area contributed by atoms with E-state index in [1.165, 1.54) is 5.56 Å². The second kappa shape index (κ2) is 7.25. The maximum atomic E-state index is 7.57. The van der Waals surface area contributed by atoms with Gasteiger partial charge in [0, 0.05) is 14.6 Å². The van der Waals surface area contributed by atoms with Crippen LogP contribution in [0.25, 0.3) is 0 Å². The second-order valence-corrected chi connectivity index (χ2v) is 2.01. The zero-order chi connectivity index (χ0) is 8.53. The van der Waals surface area contributed by atoms with Crippen LogP contribution in [0.15, 0.2) is 30.3 Å². The molecule has 0 fully saturated rings. The van der Waals surface area contributed by atoms with Gasteiger partial charge in [-0.2, -0.15) is 0 Å². The molecule has 0 aliphatic carbocycles. The first-order valence-electron chi connectivity index (χ1n) is 3.70. The number of hydrogen-bond donors (Lipinski definition) is 2. The molecule has 0 unspecified atom stereocenters. The van der Waals surface area contributed by atoms with E-state index < -0.39 is 0 Å². The largest absolute Gasteiger partial charge is 0.397 e. The standard InChI is InChI=1S/C7H9N.C2H6O.H2/c8-6-7-4-2-1-3-5-7;1-2-3;/h1-5H,6,8H2;3H,2H2,1H3;1H. The lowest BCUT2D eigenvalue weighted by atomic mass is 10.2. The number of nitrogens with two attached hydrogens (primary N) is 1. The lowest BCUT2D eigenvalue weighted by Gasteiger charge is -1.90. The number of aliphatic hydroxyl groups excluding tert-OH is 1. The van der Waals surface area contributed by atoms with E-state index in [0.29, 0.717) is 6.54 Å². The molecule has 0 saturated carbocycles. The molecular formula is C9H17NO. The third kappa shape index (κ3) is 5.58. The zero-order valence-corrected chi connectivity index (χ0v) is 6.83. The third-order valence-corrected chi connectivity index (χ3v) is 1.08. The van der Waals surface area contributed by atoms with Crippen molar-refractivity contribution in [3.8, 4) is 0 Å². The van der Waals surface area contributed by atoms with Crippen molar-refractivity contribution in [2.24, 2.45) is 5.73 Å². The fourth-order valence-corrected chi connectivity index (χ4v) is 0.614. The fourth-order valence-electron chi connectivity index (χ4n) is 0.614. The van der Waals surface area contributed by atoms with Gasteiger partial charge < -0.3 is 10.8 Å². The Morgan fingerprint density at radius 2 is 1.82 bits per heavy atom. The molecule has 0 atom stereocenters. The highest BCUT2D eigenvalue weighted by Crippen LogP contribution is 1.94. The highest BCUT2D eigenvalue weighted by molar-refractivity contribution is 5.13. The molecule has 3 N–H and O–H groups in total. The smallest absolute Gasteiger partial charge is 0.0402 e. The fraction of sp³-hybridized carbons (Fsp3) is 0.333. The molecule has 1 rings (SSSR count). The Morgan fingerprint density at radius 3 is 2.09 bits per heavy atom. The van der Waals surface area contributed by atoms with Crippen LogP contribution in [0, 0.1) is 0 Å². The first-order valence-corrected chi connectivity index (χ1v) is 3.70. The molecule has 0 aromatic heterocycles. The van der Waals surface area contributed by atoms with E-state index in [1.54, 1.807) is 6.92 Å². The SMILES string of the molecule is CCO.NCc1ccccc1.[HH]. The molecule has 0 heterocycles. The Morgan fingerprint density at radius 1 is 1.36 bits per heavy atom. The van der Waals surface area contributed by atoms with Gasteiger partial charge in [-0.3, -0.25) is 0 Å². The summed E-state index contributed by atoms with van der Waals surface area (Å²) in [5.41, 5.74) is 6.54. The van der Waals surface area contributed by atoms with Gasteiger partial charge in [0.15, 0.2) is 0 Å². The van der Waals surface area contributed by atoms with Crippen molar-refractivity contribution in [2.75, 3.05) is 6.61 Å². The summed E-state index contributed by atoms with van der Waals surface area (Å²) in [7, 11) is 0. The van der Waals surface area contributed by atoms with Crippen molar-refractivity contribution < 1.29 is 6.53 Å². The van der Waals surface area contributed by atoms with Gasteiger partial charge >= 0.3 is 0 Å². The monoisotopic (exact) mass is 155 g/mol. The van der Waals surface area contributed by atoms with Crippen LogP contribution < -0.4 is 5.73 Å². The average Bonchev–Trinajstić information content (AvgIpc) is 2.08. The molecule has 0 spiro atoms. The lowest BCUT2D eigenvalue weighted by molar-refractivity contribution is 0.318. The van der Waals surface area contributed by atoms with Gasteiger partial charge in [-0.25, -0.2) is 0 Å². The summed E-state index contributed by atoms with van der Waals surface area (Å²) in [4.78, 5) is 0. The minimum absolute atomic E-state index is 0. The Labute approximate surface area is 69.2 Å². The van der Waals surface area contributed by atoms with E-state index in [9.17, 15) is 0 Å². The minimum atomic E-state index is 0. The summed E-state index contributed by atoms with van der Waals surface area (Å²) in [5, 5.41) is 7.57. The summed E-state index contributed by atoms with van der Waals surface area (Å²) in [6.45, 7) is 2.57. The van der Waals surface area contributed by atoms with Gasteiger partial charge in [-0.05, 0) is 12.5 Å². The van der Waals surface area contributed by atoms with Crippen molar-refractivity contribution in [1.29, 1.82) is 0 Å². The Hall–Kier alpha value is -0.860. The van der Waals surface area contributed by atoms with Crippen molar-refractivity contribution in [1.82, 2.24) is 0 Å². The van der Waals surface area contributed by atoms with Crippen LogP contribution in [0.5, 0.6) is 0 Å². The zero-order valence-electron chi connectivity index (χ0n) is 6.83. The van der Waals surface area contributed by atoms with Gasteiger partial charge in [0.1, 0.15) is 0 Å². The van der Waals surface area contributed by atoms with E-state index in [1.807, 2.05) is 30.3 Å². The Kier molecular flexibility index (Phi) is 6.68. The summed E-state index contributed by atoms with van der Waals surface area (Å²) in [5.74, 6) is 0. The quantitative estimate of drug-likeness (QED) is 0.643. The van der Waals surface area contributed by atoms with Crippen molar-refractivity contribution >= 4 is 0 Å². The van der Waals surface area contributed by atoms with Crippen LogP contribution in [0.2, 0.25) is 0 Å². The van der Waals surface area contributed by atoms with Crippen LogP contribution in [-0.4, -0.2) is 11.7 Å². The average molecular weight is 155 g/mol. The molecule has 1 aromatic rings. The van der Waals surface area contributed by atoms with Crippen LogP contribution >= 0.6 is 0 Å². The van der Waals surface area contributed by atoms with Gasteiger partial charge in [-0.15, -0.1) is 0 Å². The van der Waals surface area contributed by atoms with Gasteiger partial charge in [0.05, 0.1) is 0 Å². The molecule has 0 bridgehead atoms. The van der Waals surface area contributed by atoms with Gasteiger partial charge in [-0.1, -0.05) is 30.3 Å². The maximum absolute atomic E-state index is 7.57. The molecule has 11 heavy (non-hydrogen) atoms. The Balaban J connectivity index is 0. The van der Waals surface area contributed by atoms with E-state index in [2.05, 4.69) is 0 Å². The van der Waals surface area contributed by atoms with Crippen molar-refractivity contribution in [3.05, 3.63) is 35.9 Å². The number of hydrogen-bond acceptors (Lipinski definition) is 2. The number of benzene rings is 1. The maximum Gasteiger partial charge on any atom is 0.0402 e. The molecular weight excluding hydrogens is 138 g/mol. The highest BCUT2D eigenvalue weighted by Gasteiger charge is 1.80. The molecule has 0 amide bonds. The minimum Gasteiger partial charge on any atom is -0.397 e. The number of aliphatic hydroxyl groups is 1. The molecule has 0 aliphatic heterocycles. The van der Waals surface area contributed by atoms with E-state index in [4.69, 9.17) is 10.8 Å². The first-order chi connectivity index (χ1) is 5.35. The molecule has 0 radical (unpaired) electrons. The molecule has 2 heteroatoms. The first kappa shape index (κ1) is 10.1. The Bertz CT molecular complexity index is 167. The molecule has 0 aliphatic rings. The topological polar surface area (TPSA) is 46.2 Å². The van der Waals surface area contributed by atoms with E-state index in [0.717, 1.165) is 0 Å². The summed E-state index contributed by atoms with van der Waals surface area (Å²) < 4.78 is 0. The third-order valence-electron chi connectivity index (χ3n) is 1.08. The highest BCUT2D eigenvalue weighted by atomic mass is 16.2. The van der Waals surface area contributed by atoms with Crippen molar-refractivity contribution in [3.63, 3.8) is 0 Å². The second-order valence-electron chi connectivity index (χ2n) is 2.01. The van der Waals surface area contributed by atoms with Crippen LogP contribution in [0.3, 0.4) is 0 Å². The molecule has 1 aromatic carbocycles. The van der Waals surface area contributed by atoms with Crippen LogP contribution in [-0.2, 0) is 6.54 Å². The molecule has 2 nitrogen and oxygen atoms in total. The van der Waals surface area contributed by atoms with Crippen LogP contribution in [0.1, 0.15) is 13.9 Å².